The number of hydroxylamine groups is 3. The molecule has 0 aromatic heterocycles. The summed E-state index contributed by atoms with van der Waals surface area (Å²) in [5, 5.41) is 1.05. The van der Waals surface area contributed by atoms with Crippen LogP contribution in [0.15, 0.2) is 0 Å². The summed E-state index contributed by atoms with van der Waals surface area (Å²) in [5.41, 5.74) is 2.34. The molecule has 0 spiro atoms. The van der Waals surface area contributed by atoms with Crippen molar-refractivity contribution in [1.82, 2.24) is 10.5 Å². The molecule has 0 atom stereocenters. The molecule has 64 valence electrons. The van der Waals surface area contributed by atoms with Gasteiger partial charge in [-0.25, -0.2) is 5.06 Å². The Kier molecular flexibility index (Phi) is 5.32. The van der Waals surface area contributed by atoms with Crippen LogP contribution < -0.4 is 5.48 Å². The summed E-state index contributed by atoms with van der Waals surface area (Å²) < 4.78 is 0. The van der Waals surface area contributed by atoms with Crippen molar-refractivity contribution in [3.05, 3.63) is 0 Å². The molecule has 0 unspecified atom stereocenters. The molecule has 5 nitrogen and oxygen atoms in total. The molecule has 0 aliphatic rings. The van der Waals surface area contributed by atoms with Gasteiger partial charge in [0.05, 0.1) is 0 Å². The second kappa shape index (κ2) is 5.82. The summed E-state index contributed by atoms with van der Waals surface area (Å²) in [4.78, 5) is 25.4. The average Bonchev–Trinajstić information content (AvgIpc) is 2.00. The summed E-state index contributed by atoms with van der Waals surface area (Å²) >= 11 is 0. The topological polar surface area (TPSA) is 58.6 Å². The molecule has 0 radical (unpaired) electrons. The van der Waals surface area contributed by atoms with Gasteiger partial charge in [-0.15, -0.1) is 0 Å². The molecule has 11 heavy (non-hydrogen) atoms. The zero-order chi connectivity index (χ0) is 8.69. The molecule has 0 heterocycles. The van der Waals surface area contributed by atoms with E-state index in [1.165, 1.54) is 7.05 Å². The highest BCUT2D eigenvalue weighted by Crippen LogP contribution is 1.92. The van der Waals surface area contributed by atoms with E-state index in [2.05, 4.69) is 10.4 Å². The molecule has 0 bridgehead atoms. The Balaban J connectivity index is 3.54. The van der Waals surface area contributed by atoms with Crippen LogP contribution in [0.5, 0.6) is 0 Å². The summed E-state index contributed by atoms with van der Waals surface area (Å²) in [5.74, 6) is -0.230. The highest BCUT2D eigenvalue weighted by atomic mass is 16.8. The predicted molar refractivity (Wildman–Crippen MR) is 38.2 cm³/mol. The minimum Gasteiger partial charge on any atom is -0.303 e. The van der Waals surface area contributed by atoms with Gasteiger partial charge in [0.15, 0.2) is 0 Å². The van der Waals surface area contributed by atoms with E-state index in [9.17, 15) is 9.59 Å². The predicted octanol–water partition coefficient (Wildman–Crippen LogP) is -0.510. The number of nitrogens with zero attached hydrogens (tertiary/aromatic N) is 1. The van der Waals surface area contributed by atoms with Gasteiger partial charge in [0, 0.05) is 26.9 Å². The van der Waals surface area contributed by atoms with Crippen molar-refractivity contribution < 1.29 is 14.5 Å². The first kappa shape index (κ1) is 10.1. The number of carbonyl (C=O) groups is 2. The van der Waals surface area contributed by atoms with Crippen LogP contribution in [0, 0.1) is 0 Å². The molecule has 0 rings (SSSR count). The Hall–Kier alpha value is -0.940. The van der Waals surface area contributed by atoms with Crippen LogP contribution in [0.2, 0.25) is 0 Å². The van der Waals surface area contributed by atoms with Crippen molar-refractivity contribution in [3.63, 3.8) is 0 Å². The van der Waals surface area contributed by atoms with Crippen LogP contribution in [0.3, 0.4) is 0 Å². The van der Waals surface area contributed by atoms with Gasteiger partial charge in [0.2, 0.25) is 5.91 Å². The molecule has 0 aliphatic carbocycles. The monoisotopic (exact) mass is 160 g/mol. The number of hydrogen-bond acceptors (Lipinski definition) is 4. The molecule has 1 N–H and O–H groups in total. The van der Waals surface area contributed by atoms with E-state index in [4.69, 9.17) is 0 Å². The van der Waals surface area contributed by atoms with E-state index in [1.54, 1.807) is 7.05 Å². The van der Waals surface area contributed by atoms with Gasteiger partial charge in [-0.1, -0.05) is 0 Å². The molecule has 1 amide bonds. The van der Waals surface area contributed by atoms with Gasteiger partial charge in [-0.3, -0.25) is 4.79 Å². The van der Waals surface area contributed by atoms with Crippen molar-refractivity contribution in [2.24, 2.45) is 0 Å². The molecule has 0 aromatic carbocycles. The number of hydrogen-bond donors (Lipinski definition) is 1. The quantitative estimate of drug-likeness (QED) is 0.434. The third kappa shape index (κ3) is 4.46. The minimum absolute atomic E-state index is 0.182. The summed E-state index contributed by atoms with van der Waals surface area (Å²) in [6.07, 6.45) is 1.11. The van der Waals surface area contributed by atoms with Crippen LogP contribution >= 0.6 is 0 Å². The van der Waals surface area contributed by atoms with E-state index in [1.807, 2.05) is 0 Å². The van der Waals surface area contributed by atoms with E-state index < -0.39 is 0 Å². The first-order chi connectivity index (χ1) is 5.22. The van der Waals surface area contributed by atoms with Gasteiger partial charge in [-0.05, 0) is 0 Å². The third-order valence-electron chi connectivity index (χ3n) is 1.06. The first-order valence-electron chi connectivity index (χ1n) is 3.26. The Morgan fingerprint density at radius 1 is 1.73 bits per heavy atom. The largest absolute Gasteiger partial charge is 0.303 e. The van der Waals surface area contributed by atoms with Gasteiger partial charge in [0.1, 0.15) is 6.29 Å². The molecule has 0 aromatic rings. The highest BCUT2D eigenvalue weighted by molar-refractivity contribution is 5.76. The van der Waals surface area contributed by atoms with Crippen LogP contribution in [-0.4, -0.2) is 31.4 Å². The van der Waals surface area contributed by atoms with Crippen LogP contribution in [0.1, 0.15) is 12.8 Å². The van der Waals surface area contributed by atoms with Crippen LogP contribution in [0.25, 0.3) is 0 Å². The van der Waals surface area contributed by atoms with Crippen molar-refractivity contribution in [2.45, 2.75) is 12.8 Å². The lowest BCUT2D eigenvalue weighted by Crippen LogP contribution is -2.31. The summed E-state index contributed by atoms with van der Waals surface area (Å²) in [6.45, 7) is 0. The Morgan fingerprint density at radius 3 is 2.82 bits per heavy atom. The minimum atomic E-state index is -0.230. The summed E-state index contributed by atoms with van der Waals surface area (Å²) in [6, 6.07) is 0. The number of carbonyl (C=O) groups excluding carboxylic acids is 2. The Bertz CT molecular complexity index is 138. The normalized spacial score (nSPS) is 9.27. The standard InChI is InChI=1S/C6H12N2O3/c1-7-11-8(2)6(10)4-3-5-9/h5,7H,3-4H2,1-2H3. The Morgan fingerprint density at radius 2 is 2.36 bits per heavy atom. The van der Waals surface area contributed by atoms with Crippen LogP contribution in [-0.2, 0) is 14.5 Å². The summed E-state index contributed by atoms with van der Waals surface area (Å²) in [7, 11) is 3.02. The molecule has 0 saturated carbocycles. The fourth-order valence-corrected chi connectivity index (χ4v) is 0.528. The second-order valence-corrected chi connectivity index (χ2v) is 1.89. The molecule has 0 fully saturated rings. The lowest BCUT2D eigenvalue weighted by Gasteiger charge is -2.13. The maximum atomic E-state index is 10.9. The van der Waals surface area contributed by atoms with Gasteiger partial charge in [-0.2, -0.15) is 10.4 Å². The van der Waals surface area contributed by atoms with Gasteiger partial charge >= 0.3 is 0 Å². The fourth-order valence-electron chi connectivity index (χ4n) is 0.528. The molecule has 0 aliphatic heterocycles. The average molecular weight is 160 g/mol. The number of nitrogens with one attached hydrogen (secondary N) is 1. The van der Waals surface area contributed by atoms with E-state index >= 15 is 0 Å². The van der Waals surface area contributed by atoms with Crippen molar-refractivity contribution in [2.75, 3.05) is 14.1 Å². The van der Waals surface area contributed by atoms with Gasteiger partial charge in [0.25, 0.3) is 0 Å². The molecule has 5 heteroatoms. The van der Waals surface area contributed by atoms with Crippen LogP contribution in [0.4, 0.5) is 0 Å². The first-order valence-corrected chi connectivity index (χ1v) is 3.26. The fraction of sp³-hybridized carbons (Fsp3) is 0.667. The lowest BCUT2D eigenvalue weighted by molar-refractivity contribution is -0.200. The maximum absolute atomic E-state index is 10.9. The van der Waals surface area contributed by atoms with E-state index in [-0.39, 0.29) is 18.7 Å². The number of amides is 1. The SMILES string of the molecule is CNON(C)C(=O)CCC=O. The number of aldehydes is 1. The second-order valence-electron chi connectivity index (χ2n) is 1.89. The molecule has 0 saturated heterocycles. The molecular weight excluding hydrogens is 148 g/mol. The number of rotatable bonds is 5. The zero-order valence-electron chi connectivity index (χ0n) is 6.66. The Labute approximate surface area is 65.2 Å². The highest BCUT2D eigenvalue weighted by Gasteiger charge is 2.06. The van der Waals surface area contributed by atoms with Gasteiger partial charge < -0.3 is 4.79 Å². The maximum Gasteiger partial charge on any atom is 0.247 e. The van der Waals surface area contributed by atoms with E-state index in [0.717, 1.165) is 5.06 Å². The molecular formula is C6H12N2O3. The van der Waals surface area contributed by atoms with E-state index in [0.29, 0.717) is 6.29 Å². The van der Waals surface area contributed by atoms with Crippen molar-refractivity contribution in [1.29, 1.82) is 0 Å². The zero-order valence-corrected chi connectivity index (χ0v) is 6.66. The lowest BCUT2D eigenvalue weighted by atomic mass is 10.3. The smallest absolute Gasteiger partial charge is 0.247 e. The third-order valence-corrected chi connectivity index (χ3v) is 1.06. The van der Waals surface area contributed by atoms with Crippen molar-refractivity contribution in [3.8, 4) is 0 Å². The van der Waals surface area contributed by atoms with Crippen molar-refractivity contribution >= 4 is 12.2 Å².